The van der Waals surface area contributed by atoms with Crippen LogP contribution in [-0.4, -0.2) is 48.4 Å². The molecule has 1 unspecified atom stereocenters. The highest BCUT2D eigenvalue weighted by Crippen LogP contribution is 2.50. The van der Waals surface area contributed by atoms with Gasteiger partial charge in [-0.05, 0) is 34.9 Å². The molecule has 5 atom stereocenters. The van der Waals surface area contributed by atoms with Gasteiger partial charge in [-0.25, -0.2) is 0 Å². The number of benzene rings is 1. The van der Waals surface area contributed by atoms with Gasteiger partial charge in [0.15, 0.2) is 17.6 Å². The van der Waals surface area contributed by atoms with Crippen molar-refractivity contribution in [3.05, 3.63) is 34.9 Å². The first-order chi connectivity index (χ1) is 13.0. The zero-order valence-corrected chi connectivity index (χ0v) is 15.3. The van der Waals surface area contributed by atoms with Crippen molar-refractivity contribution in [3.8, 4) is 11.5 Å². The Morgan fingerprint density at radius 2 is 1.85 bits per heavy atom. The van der Waals surface area contributed by atoms with Gasteiger partial charge >= 0.3 is 11.9 Å². The predicted molar refractivity (Wildman–Crippen MR) is 93.3 cm³/mol. The van der Waals surface area contributed by atoms with Crippen LogP contribution in [0.3, 0.4) is 0 Å². The highest BCUT2D eigenvalue weighted by atomic mass is 16.7. The van der Waals surface area contributed by atoms with Gasteiger partial charge in [-0.2, -0.15) is 0 Å². The van der Waals surface area contributed by atoms with Crippen LogP contribution in [0.2, 0.25) is 0 Å². The van der Waals surface area contributed by atoms with E-state index in [1.165, 1.54) is 30.5 Å². The molecule has 0 saturated carbocycles. The van der Waals surface area contributed by atoms with Gasteiger partial charge < -0.3 is 18.9 Å². The monoisotopic (exact) mass is 371 g/mol. The molecular formula is C20H21NO6. The molecule has 4 aliphatic rings. The predicted octanol–water partition coefficient (Wildman–Crippen LogP) is 1.89. The molecule has 0 spiro atoms. The number of ether oxygens (including phenoxy) is 4. The Balaban J connectivity index is 1.52. The number of carbonyl (C=O) groups excluding carboxylic acids is 2. The van der Waals surface area contributed by atoms with E-state index in [-0.39, 0.29) is 30.7 Å². The van der Waals surface area contributed by atoms with E-state index in [0.717, 1.165) is 24.6 Å². The van der Waals surface area contributed by atoms with Crippen molar-refractivity contribution in [3.63, 3.8) is 0 Å². The lowest BCUT2D eigenvalue weighted by Crippen LogP contribution is -2.43. The molecule has 0 radical (unpaired) electrons. The molecule has 2 bridgehead atoms. The summed E-state index contributed by atoms with van der Waals surface area (Å²) in [5.74, 6) is 1.07. The minimum atomic E-state index is -0.546. The molecule has 1 aliphatic carbocycles. The number of hydrogen-bond donors (Lipinski definition) is 0. The van der Waals surface area contributed by atoms with Crippen LogP contribution in [0.5, 0.6) is 11.5 Å². The molecule has 0 amide bonds. The molecule has 3 aliphatic heterocycles. The summed E-state index contributed by atoms with van der Waals surface area (Å²) in [6.07, 6.45) is 1.61. The van der Waals surface area contributed by atoms with Crippen LogP contribution in [0.25, 0.3) is 0 Å². The fraction of sp³-hybridized carbons (Fsp3) is 0.500. The fourth-order valence-corrected chi connectivity index (χ4v) is 4.84. The third-order valence-electron chi connectivity index (χ3n) is 5.83. The summed E-state index contributed by atoms with van der Waals surface area (Å²) < 4.78 is 22.0. The molecule has 142 valence electrons. The summed E-state index contributed by atoms with van der Waals surface area (Å²) in [6.45, 7) is 4.74. The van der Waals surface area contributed by atoms with Crippen molar-refractivity contribution >= 4 is 11.9 Å². The van der Waals surface area contributed by atoms with Crippen molar-refractivity contribution < 1.29 is 28.5 Å². The maximum absolute atomic E-state index is 11.6. The normalized spacial score (nSPS) is 32.2. The number of hydrogen-bond acceptors (Lipinski definition) is 7. The van der Waals surface area contributed by atoms with E-state index < -0.39 is 12.2 Å². The zero-order chi connectivity index (χ0) is 18.7. The molecule has 1 aromatic rings. The minimum absolute atomic E-state index is 0.176. The minimum Gasteiger partial charge on any atom is -0.458 e. The van der Waals surface area contributed by atoms with Crippen molar-refractivity contribution in [2.75, 3.05) is 13.3 Å². The average Bonchev–Trinajstić information content (AvgIpc) is 3.16. The lowest BCUT2D eigenvalue weighted by molar-refractivity contribution is -0.163. The first-order valence-electron chi connectivity index (χ1n) is 9.22. The van der Waals surface area contributed by atoms with E-state index in [2.05, 4.69) is 17.0 Å². The maximum Gasteiger partial charge on any atom is 0.303 e. The average molecular weight is 371 g/mol. The van der Waals surface area contributed by atoms with Crippen LogP contribution in [-0.2, 0) is 25.6 Å². The summed E-state index contributed by atoms with van der Waals surface area (Å²) in [5.41, 5.74) is 3.72. The van der Waals surface area contributed by atoms with Gasteiger partial charge in [0, 0.05) is 45.3 Å². The SMILES string of the molecule is CC(=O)O[C@H]1C=C2[C@H]3CN(Cc4cc5c(cc43)OCO5)[C@H]2C[C@H]1OC(C)=O. The summed E-state index contributed by atoms with van der Waals surface area (Å²) in [5, 5.41) is 0. The number of nitrogens with zero attached hydrogens (tertiary/aromatic N) is 1. The Bertz CT molecular complexity index is 862. The van der Waals surface area contributed by atoms with E-state index in [4.69, 9.17) is 18.9 Å². The Morgan fingerprint density at radius 1 is 1.11 bits per heavy atom. The Hall–Kier alpha value is -2.54. The lowest BCUT2D eigenvalue weighted by Gasteiger charge is -2.34. The third kappa shape index (κ3) is 2.68. The van der Waals surface area contributed by atoms with E-state index >= 15 is 0 Å². The van der Waals surface area contributed by atoms with Crippen molar-refractivity contribution in [1.29, 1.82) is 0 Å². The fourth-order valence-electron chi connectivity index (χ4n) is 4.84. The molecular weight excluding hydrogens is 350 g/mol. The van der Waals surface area contributed by atoms with Crippen LogP contribution in [0.1, 0.15) is 37.3 Å². The van der Waals surface area contributed by atoms with Gasteiger partial charge in [0.1, 0.15) is 6.10 Å². The highest BCUT2D eigenvalue weighted by Gasteiger charge is 2.48. The van der Waals surface area contributed by atoms with Crippen LogP contribution in [0.4, 0.5) is 0 Å². The number of fused-ring (bicyclic) bond motifs is 8. The molecule has 27 heavy (non-hydrogen) atoms. The molecule has 1 fully saturated rings. The molecule has 0 aromatic heterocycles. The Morgan fingerprint density at radius 3 is 2.59 bits per heavy atom. The van der Waals surface area contributed by atoms with Gasteiger partial charge in [-0.15, -0.1) is 0 Å². The van der Waals surface area contributed by atoms with E-state index in [9.17, 15) is 9.59 Å². The number of esters is 2. The third-order valence-corrected chi connectivity index (χ3v) is 5.83. The summed E-state index contributed by atoms with van der Waals surface area (Å²) >= 11 is 0. The van der Waals surface area contributed by atoms with E-state index in [1.54, 1.807) is 0 Å². The summed E-state index contributed by atoms with van der Waals surface area (Å²) in [4.78, 5) is 25.5. The second-order valence-corrected chi connectivity index (χ2v) is 7.53. The van der Waals surface area contributed by atoms with Gasteiger partial charge in [0.25, 0.3) is 0 Å². The van der Waals surface area contributed by atoms with Crippen molar-refractivity contribution in [2.24, 2.45) is 0 Å². The van der Waals surface area contributed by atoms with Gasteiger partial charge in [0.05, 0.1) is 0 Å². The molecule has 7 nitrogen and oxygen atoms in total. The quantitative estimate of drug-likeness (QED) is 0.580. The topological polar surface area (TPSA) is 74.3 Å². The summed E-state index contributed by atoms with van der Waals surface area (Å²) in [7, 11) is 0. The van der Waals surface area contributed by atoms with Crippen LogP contribution < -0.4 is 9.47 Å². The standard InChI is InChI=1S/C20H21NO6/c1-10(22)26-19-5-14-15-8-21(16(14)6-20(19)27-11(2)23)7-12-3-17-18(4-13(12)15)25-9-24-17/h3-5,15-16,19-20H,6-9H2,1-2H3/t15-,16-,19-,20+/m0/s1. The van der Waals surface area contributed by atoms with Crippen LogP contribution in [0.15, 0.2) is 23.8 Å². The Labute approximate surface area is 156 Å². The highest BCUT2D eigenvalue weighted by molar-refractivity contribution is 5.68. The van der Waals surface area contributed by atoms with Gasteiger partial charge in [0.2, 0.25) is 6.79 Å². The smallest absolute Gasteiger partial charge is 0.303 e. The zero-order valence-electron chi connectivity index (χ0n) is 15.3. The second-order valence-electron chi connectivity index (χ2n) is 7.53. The van der Waals surface area contributed by atoms with Crippen LogP contribution in [0, 0.1) is 0 Å². The van der Waals surface area contributed by atoms with E-state index in [0.29, 0.717) is 6.42 Å². The molecule has 1 aromatic carbocycles. The molecule has 1 saturated heterocycles. The van der Waals surface area contributed by atoms with Gasteiger partial charge in [-0.1, -0.05) is 0 Å². The largest absolute Gasteiger partial charge is 0.458 e. The van der Waals surface area contributed by atoms with E-state index in [1.807, 2.05) is 6.08 Å². The first-order valence-corrected chi connectivity index (χ1v) is 9.22. The van der Waals surface area contributed by atoms with Crippen LogP contribution >= 0.6 is 0 Å². The first kappa shape index (κ1) is 16.6. The molecule has 5 rings (SSSR count). The Kier molecular flexibility index (Phi) is 3.69. The lowest BCUT2D eigenvalue weighted by atomic mass is 9.82. The second kappa shape index (κ2) is 5.99. The number of rotatable bonds is 2. The maximum atomic E-state index is 11.6. The molecule has 3 heterocycles. The number of carbonyl (C=O) groups is 2. The van der Waals surface area contributed by atoms with Crippen molar-refractivity contribution in [2.45, 2.75) is 51.0 Å². The summed E-state index contributed by atoms with van der Waals surface area (Å²) in [6, 6.07) is 4.33. The van der Waals surface area contributed by atoms with Gasteiger partial charge in [-0.3, -0.25) is 14.5 Å². The molecule has 7 heteroatoms. The molecule has 0 N–H and O–H groups in total. The van der Waals surface area contributed by atoms with Crippen molar-refractivity contribution in [1.82, 2.24) is 4.90 Å².